The van der Waals surface area contributed by atoms with Gasteiger partial charge in [-0.2, -0.15) is 0 Å². The van der Waals surface area contributed by atoms with E-state index in [9.17, 15) is 18.0 Å². The molecule has 2 heterocycles. The van der Waals surface area contributed by atoms with E-state index >= 15 is 0 Å². The van der Waals surface area contributed by atoms with Gasteiger partial charge in [-0.1, -0.05) is 23.7 Å². The van der Waals surface area contributed by atoms with Crippen LogP contribution in [0.4, 0.5) is 13.2 Å². The molecule has 18 heteroatoms. The molecule has 3 aromatic rings. The van der Waals surface area contributed by atoms with Crippen LogP contribution in [0.3, 0.4) is 0 Å². The number of ether oxygens (including phenoxy) is 2. The van der Waals surface area contributed by atoms with Gasteiger partial charge in [0.15, 0.2) is 0 Å². The van der Waals surface area contributed by atoms with Crippen LogP contribution in [0.25, 0.3) is 11.1 Å². The van der Waals surface area contributed by atoms with Crippen LogP contribution in [0, 0.1) is 0 Å². The van der Waals surface area contributed by atoms with Gasteiger partial charge in [-0.15, -0.1) is 13.2 Å². The normalized spacial score (nSPS) is 16.6. The summed E-state index contributed by atoms with van der Waals surface area (Å²) < 4.78 is 47.0. The van der Waals surface area contributed by atoms with Crippen LogP contribution in [0.5, 0.6) is 11.5 Å². The summed E-state index contributed by atoms with van der Waals surface area (Å²) in [6, 6.07) is 8.96. The van der Waals surface area contributed by atoms with Gasteiger partial charge in [-0.25, -0.2) is 9.97 Å². The fourth-order valence-electron chi connectivity index (χ4n) is 3.80. The predicted octanol–water partition coefficient (Wildman–Crippen LogP) is -2.61. The molecule has 6 nitrogen and oxygen atoms in total. The number of halogens is 3. The smallest absolute Gasteiger partial charge is 0.505 e. The predicted molar refractivity (Wildman–Crippen MR) is 145 cm³/mol. The number of rotatable bonds is 4. The molecule has 0 unspecified atom stereocenters. The Morgan fingerprint density at radius 1 is 0.872 bits per heavy atom. The minimum Gasteiger partial charge on any atom is -0.505 e. The molecule has 0 atom stereocenters. The highest BCUT2D eigenvalue weighted by atomic mass is 19.4. The molecule has 0 spiro atoms. The van der Waals surface area contributed by atoms with Crippen molar-refractivity contribution in [2.45, 2.75) is 22.4 Å². The molecule has 39 heavy (non-hydrogen) atoms. The molecule has 2 aromatic carbocycles. The van der Waals surface area contributed by atoms with Crippen molar-refractivity contribution < 1.29 is 27.4 Å². The van der Waals surface area contributed by atoms with Crippen molar-refractivity contribution in [1.29, 1.82) is 0 Å². The Labute approximate surface area is 234 Å². The zero-order chi connectivity index (χ0) is 29.1. The number of hydrogen-bond acceptors (Lipinski definition) is 5. The number of fused-ring (bicyclic) bond motifs is 1. The fraction of sp³-hybridized carbons (Fsp3) is 0.190. The summed E-state index contributed by atoms with van der Waals surface area (Å²) in [6.45, 7) is 0. The van der Waals surface area contributed by atoms with Crippen LogP contribution >= 0.6 is 0 Å². The highest BCUT2D eigenvalue weighted by Gasteiger charge is 2.52. The van der Waals surface area contributed by atoms with E-state index in [1.54, 1.807) is 0 Å². The molecule has 172 valence electrons. The minimum absolute atomic E-state index is 0.165. The summed E-state index contributed by atoms with van der Waals surface area (Å²) in [5, 5.41) is -7.66. The number of aromatic nitrogens is 2. The van der Waals surface area contributed by atoms with E-state index in [0.29, 0.717) is 16.0 Å². The van der Waals surface area contributed by atoms with Gasteiger partial charge >= 0.3 is 6.36 Å². The third-order valence-electron chi connectivity index (χ3n) is 5.84. The Bertz CT molecular complexity index is 1430. The highest BCUT2D eigenvalue weighted by molar-refractivity contribution is 6.57. The Morgan fingerprint density at radius 2 is 1.41 bits per heavy atom. The molecule has 0 fully saturated rings. The van der Waals surface area contributed by atoms with Crippen LogP contribution in [0.15, 0.2) is 42.5 Å². The van der Waals surface area contributed by atoms with E-state index in [1.807, 2.05) is 0 Å². The topological polar surface area (TPSA) is 64.6 Å². The average molecular weight is 504 g/mol. The van der Waals surface area contributed by atoms with E-state index in [4.69, 9.17) is 75.4 Å². The van der Waals surface area contributed by atoms with Gasteiger partial charge in [0.2, 0.25) is 0 Å². The molecule has 18 radical (unpaired) electrons. The van der Waals surface area contributed by atoms with Crippen molar-refractivity contribution in [2.75, 3.05) is 0 Å². The van der Waals surface area contributed by atoms with E-state index in [-0.39, 0.29) is 28.0 Å². The summed E-state index contributed by atoms with van der Waals surface area (Å²) in [7, 11) is 54.4. The maximum absolute atomic E-state index is 13.9. The summed E-state index contributed by atoms with van der Waals surface area (Å²) >= 11 is 0. The number of amides is 1. The molecule has 0 bridgehead atoms. The van der Waals surface area contributed by atoms with Crippen LogP contribution in [-0.4, -0.2) is 108 Å². The number of nitrogens with zero attached hydrogens (tertiary/aromatic N) is 3. The molecule has 4 rings (SSSR count). The van der Waals surface area contributed by atoms with Crippen molar-refractivity contribution in [3.8, 4) is 22.6 Å². The molecule has 1 amide bonds. The van der Waals surface area contributed by atoms with E-state index in [0.717, 1.165) is 12.1 Å². The largest absolute Gasteiger partial charge is 0.573 e. The second-order valence-corrected chi connectivity index (χ2v) is 8.70. The molecule has 0 saturated carbocycles. The SMILES string of the molecule is [B]c1nc(C([B])([B])N2C(=O)c3cc(-c4ccc(OC(F)(F)F)cc4)ccc3OC([B])([B])C2([B])[B])nc([B])c1[B]. The maximum atomic E-state index is 13.9. The number of hydrogen-bond donors (Lipinski definition) is 0. The average Bonchev–Trinajstić information content (AvgIpc) is 2.86. The number of benzene rings is 2. The molecule has 0 saturated heterocycles. The van der Waals surface area contributed by atoms with E-state index < -0.39 is 39.9 Å². The van der Waals surface area contributed by atoms with Gasteiger partial charge in [0.05, 0.1) is 21.3 Å². The molecule has 0 aliphatic carbocycles. The van der Waals surface area contributed by atoms with Crippen LogP contribution in [-0.2, 0) is 5.34 Å². The standard InChI is InChI=1S/C21H7B9F3N3O3/c22-13-14(23)34-17(35-15(13)24)18(25,26)36-16(37)11-7-9(3-6-12(11)39-20(29,30)19(36,27)28)8-1-4-10(5-2-8)38-21(31,32)33/h1-7H. The second-order valence-electron chi connectivity index (χ2n) is 8.70. The summed E-state index contributed by atoms with van der Waals surface area (Å²) in [5.74, 6) is -2.16. The lowest BCUT2D eigenvalue weighted by atomic mass is 9.37. The Morgan fingerprint density at radius 3 is 1.95 bits per heavy atom. The third-order valence-corrected chi connectivity index (χ3v) is 5.84. The quantitative estimate of drug-likeness (QED) is 0.365. The van der Waals surface area contributed by atoms with Gasteiger partial charge in [0.1, 0.15) is 72.2 Å². The van der Waals surface area contributed by atoms with Crippen LogP contribution in [0.1, 0.15) is 16.2 Å². The number of alkyl halides is 3. The zero-order valence-corrected chi connectivity index (χ0v) is 19.9. The Hall–Kier alpha value is -3.04. The molecule has 0 N–H and O–H groups in total. The van der Waals surface area contributed by atoms with Gasteiger partial charge in [0, 0.05) is 10.7 Å². The first kappa shape index (κ1) is 29.0. The van der Waals surface area contributed by atoms with Gasteiger partial charge < -0.3 is 14.4 Å². The molecular formula is C21H7B9F3N3O3. The van der Waals surface area contributed by atoms with Crippen LogP contribution < -0.4 is 26.1 Å². The Balaban J connectivity index is 1.83. The Kier molecular flexibility index (Phi) is 7.10. The van der Waals surface area contributed by atoms with Crippen molar-refractivity contribution in [3.05, 3.63) is 53.9 Å². The van der Waals surface area contributed by atoms with Gasteiger partial charge in [0.25, 0.3) is 5.91 Å². The van der Waals surface area contributed by atoms with Crippen molar-refractivity contribution in [2.24, 2.45) is 0 Å². The fourth-order valence-corrected chi connectivity index (χ4v) is 3.80. The monoisotopic (exact) mass is 505 g/mol. The lowest BCUT2D eigenvalue weighted by molar-refractivity contribution is -0.274. The minimum atomic E-state index is -4.87. The number of carbonyl (C=O) groups is 1. The summed E-state index contributed by atoms with van der Waals surface area (Å²) in [6.07, 6.45) is -4.87. The highest BCUT2D eigenvalue weighted by Crippen LogP contribution is 2.40. The van der Waals surface area contributed by atoms with E-state index in [1.165, 1.54) is 30.3 Å². The molecule has 1 aliphatic rings. The summed E-state index contributed by atoms with van der Waals surface area (Å²) in [5.41, 5.74) is -0.254. The lowest BCUT2D eigenvalue weighted by Crippen LogP contribution is -2.74. The second kappa shape index (κ2) is 9.56. The van der Waals surface area contributed by atoms with Crippen molar-refractivity contribution in [1.82, 2.24) is 14.9 Å². The first-order valence-corrected chi connectivity index (χ1v) is 10.8. The molecule has 1 aliphatic heterocycles. The number of carbonyl (C=O) groups excluding carboxylic acids is 1. The van der Waals surface area contributed by atoms with Crippen molar-refractivity contribution >= 4 is 93.2 Å². The summed E-state index contributed by atoms with van der Waals surface area (Å²) in [4.78, 5) is 22.2. The van der Waals surface area contributed by atoms with Crippen LogP contribution in [0.2, 0.25) is 0 Å². The first-order chi connectivity index (χ1) is 17.8. The van der Waals surface area contributed by atoms with Gasteiger partial charge in [-0.05, 0) is 51.9 Å². The molecule has 1 aromatic heterocycles. The zero-order valence-electron chi connectivity index (χ0n) is 19.9. The lowest BCUT2D eigenvalue weighted by Gasteiger charge is -2.55. The first-order valence-electron chi connectivity index (χ1n) is 10.8. The maximum Gasteiger partial charge on any atom is 0.573 e. The van der Waals surface area contributed by atoms with Gasteiger partial charge in [-0.3, -0.25) is 4.79 Å². The van der Waals surface area contributed by atoms with E-state index in [2.05, 4.69) is 14.7 Å². The molecular weight excluding hydrogens is 497 g/mol. The van der Waals surface area contributed by atoms with Crippen molar-refractivity contribution in [3.63, 3.8) is 0 Å². The third kappa shape index (κ3) is 5.26.